The molecule has 0 saturated carbocycles. The number of hydrogen-bond donors (Lipinski definition) is 1. The fraction of sp³-hybridized carbons (Fsp3) is 0.500. The Morgan fingerprint density at radius 1 is 1.35 bits per heavy atom. The summed E-state index contributed by atoms with van der Waals surface area (Å²) in [6.45, 7) is 2.98. The van der Waals surface area contributed by atoms with Crippen molar-refractivity contribution in [2.45, 2.75) is 12.6 Å². The topological polar surface area (TPSA) is 32.7 Å². The number of aliphatic hydroxyl groups is 1. The Labute approximate surface area is 111 Å². The van der Waals surface area contributed by atoms with Gasteiger partial charge in [-0.3, -0.25) is 4.90 Å². The fourth-order valence-electron chi connectivity index (χ4n) is 1.94. The van der Waals surface area contributed by atoms with Crippen LogP contribution in [0, 0.1) is 0 Å². The van der Waals surface area contributed by atoms with E-state index in [1.54, 1.807) is 6.07 Å². The molecule has 2 rings (SSSR count). The van der Waals surface area contributed by atoms with Crippen molar-refractivity contribution in [1.29, 1.82) is 0 Å². The van der Waals surface area contributed by atoms with E-state index in [2.05, 4.69) is 4.90 Å². The van der Waals surface area contributed by atoms with Gasteiger partial charge >= 0.3 is 0 Å². The monoisotopic (exact) mass is 275 g/mol. The van der Waals surface area contributed by atoms with Crippen LogP contribution in [0.1, 0.15) is 5.56 Å². The van der Waals surface area contributed by atoms with E-state index in [0.717, 1.165) is 18.7 Å². The van der Waals surface area contributed by atoms with Gasteiger partial charge in [0.25, 0.3) is 0 Å². The van der Waals surface area contributed by atoms with Gasteiger partial charge < -0.3 is 9.84 Å². The van der Waals surface area contributed by atoms with Crippen LogP contribution in [0.5, 0.6) is 0 Å². The molecule has 1 aliphatic rings. The first-order valence-corrected chi connectivity index (χ1v) is 6.33. The normalized spacial score (nSPS) is 21.7. The lowest BCUT2D eigenvalue weighted by atomic mass is 10.1. The highest BCUT2D eigenvalue weighted by Crippen LogP contribution is 2.23. The van der Waals surface area contributed by atoms with E-state index in [9.17, 15) is 5.11 Å². The van der Waals surface area contributed by atoms with Gasteiger partial charge in [-0.15, -0.1) is 0 Å². The molecule has 1 fully saturated rings. The van der Waals surface area contributed by atoms with Crippen LogP contribution in [0.4, 0.5) is 0 Å². The first kappa shape index (κ1) is 13.1. The van der Waals surface area contributed by atoms with Crippen molar-refractivity contribution in [3.63, 3.8) is 0 Å². The van der Waals surface area contributed by atoms with E-state index >= 15 is 0 Å². The van der Waals surface area contributed by atoms with Crippen LogP contribution in [-0.2, 0) is 11.3 Å². The summed E-state index contributed by atoms with van der Waals surface area (Å²) < 4.78 is 5.33. The number of benzene rings is 1. The van der Waals surface area contributed by atoms with Gasteiger partial charge in [0.15, 0.2) is 0 Å². The third-order valence-electron chi connectivity index (χ3n) is 2.93. The predicted molar refractivity (Wildman–Crippen MR) is 68.6 cm³/mol. The molecule has 17 heavy (non-hydrogen) atoms. The van der Waals surface area contributed by atoms with Gasteiger partial charge in [0.2, 0.25) is 0 Å². The van der Waals surface area contributed by atoms with Crippen LogP contribution >= 0.6 is 23.2 Å². The molecule has 1 unspecified atom stereocenters. The Kier molecular flexibility index (Phi) is 4.65. The first-order chi connectivity index (χ1) is 8.20. The minimum Gasteiger partial charge on any atom is -0.395 e. The average Bonchev–Trinajstić information content (AvgIpc) is 2.34. The summed E-state index contributed by atoms with van der Waals surface area (Å²) in [7, 11) is 0. The lowest BCUT2D eigenvalue weighted by Crippen LogP contribution is -2.46. The van der Waals surface area contributed by atoms with Crippen molar-refractivity contribution in [3.05, 3.63) is 33.8 Å². The molecule has 1 aromatic carbocycles. The molecular weight excluding hydrogens is 261 g/mol. The molecule has 1 N–H and O–H groups in total. The Morgan fingerprint density at radius 3 is 2.88 bits per heavy atom. The lowest BCUT2D eigenvalue weighted by Gasteiger charge is -2.34. The van der Waals surface area contributed by atoms with Crippen LogP contribution in [0.15, 0.2) is 18.2 Å². The molecule has 1 aliphatic heterocycles. The van der Waals surface area contributed by atoms with E-state index < -0.39 is 0 Å². The van der Waals surface area contributed by atoms with Crippen molar-refractivity contribution < 1.29 is 9.84 Å². The largest absolute Gasteiger partial charge is 0.395 e. The maximum Gasteiger partial charge on any atom is 0.0644 e. The zero-order valence-electron chi connectivity index (χ0n) is 9.40. The Bertz CT molecular complexity index is 387. The summed E-state index contributed by atoms with van der Waals surface area (Å²) in [6, 6.07) is 5.69. The standard InChI is InChI=1S/C12H15Cl2NO2/c13-11-2-1-9(5-12(11)14)6-15-3-4-17-8-10(15)7-16/h1-2,5,10,16H,3-4,6-8H2. The van der Waals surface area contributed by atoms with E-state index in [0.29, 0.717) is 23.3 Å². The van der Waals surface area contributed by atoms with Gasteiger partial charge in [-0.05, 0) is 17.7 Å². The molecule has 1 saturated heterocycles. The summed E-state index contributed by atoms with van der Waals surface area (Å²) in [5.74, 6) is 0. The summed E-state index contributed by atoms with van der Waals surface area (Å²) >= 11 is 11.9. The van der Waals surface area contributed by atoms with Gasteiger partial charge in [0.1, 0.15) is 0 Å². The molecular formula is C12H15Cl2NO2. The maximum atomic E-state index is 9.27. The minimum absolute atomic E-state index is 0.0678. The molecule has 94 valence electrons. The molecule has 0 aliphatic carbocycles. The smallest absolute Gasteiger partial charge is 0.0644 e. The molecule has 5 heteroatoms. The quantitative estimate of drug-likeness (QED) is 0.918. The third-order valence-corrected chi connectivity index (χ3v) is 3.67. The van der Waals surface area contributed by atoms with Crippen LogP contribution in [0.2, 0.25) is 10.0 Å². The Balaban J connectivity index is 2.05. The van der Waals surface area contributed by atoms with Gasteiger partial charge in [-0.1, -0.05) is 29.3 Å². The van der Waals surface area contributed by atoms with Crippen molar-refractivity contribution in [3.8, 4) is 0 Å². The number of halogens is 2. The number of ether oxygens (including phenoxy) is 1. The molecule has 0 radical (unpaired) electrons. The third kappa shape index (κ3) is 3.33. The number of aliphatic hydroxyl groups excluding tert-OH is 1. The molecule has 1 heterocycles. The lowest BCUT2D eigenvalue weighted by molar-refractivity contribution is -0.0312. The second kappa shape index (κ2) is 6.03. The van der Waals surface area contributed by atoms with E-state index in [-0.39, 0.29) is 12.6 Å². The average molecular weight is 276 g/mol. The van der Waals surface area contributed by atoms with Gasteiger partial charge in [0, 0.05) is 13.1 Å². The number of hydrogen-bond acceptors (Lipinski definition) is 3. The highest BCUT2D eigenvalue weighted by atomic mass is 35.5. The SMILES string of the molecule is OCC1COCCN1Cc1ccc(Cl)c(Cl)c1. The van der Waals surface area contributed by atoms with Gasteiger partial charge in [0.05, 0.1) is 35.9 Å². The Hall–Kier alpha value is -0.320. The van der Waals surface area contributed by atoms with Gasteiger partial charge in [-0.25, -0.2) is 0 Å². The van der Waals surface area contributed by atoms with Crippen molar-refractivity contribution in [2.75, 3.05) is 26.4 Å². The fourth-order valence-corrected chi connectivity index (χ4v) is 2.26. The van der Waals surface area contributed by atoms with E-state index in [1.807, 2.05) is 12.1 Å². The van der Waals surface area contributed by atoms with E-state index in [1.165, 1.54) is 0 Å². The predicted octanol–water partition coefficient (Wildman–Crippen LogP) is 2.19. The molecule has 0 spiro atoms. The summed E-state index contributed by atoms with van der Waals surface area (Å²) in [5, 5.41) is 10.4. The number of morpholine rings is 1. The molecule has 0 amide bonds. The summed E-state index contributed by atoms with van der Waals surface area (Å²) in [5.41, 5.74) is 1.10. The summed E-state index contributed by atoms with van der Waals surface area (Å²) in [6.07, 6.45) is 0. The zero-order valence-corrected chi connectivity index (χ0v) is 10.9. The highest BCUT2D eigenvalue weighted by Gasteiger charge is 2.22. The first-order valence-electron chi connectivity index (χ1n) is 5.57. The maximum absolute atomic E-state index is 9.27. The molecule has 1 atom stereocenters. The highest BCUT2D eigenvalue weighted by molar-refractivity contribution is 6.42. The molecule has 0 aromatic heterocycles. The van der Waals surface area contributed by atoms with Crippen LogP contribution in [0.25, 0.3) is 0 Å². The van der Waals surface area contributed by atoms with Gasteiger partial charge in [-0.2, -0.15) is 0 Å². The number of nitrogens with zero attached hydrogens (tertiary/aromatic N) is 1. The van der Waals surface area contributed by atoms with Crippen molar-refractivity contribution >= 4 is 23.2 Å². The van der Waals surface area contributed by atoms with Crippen LogP contribution in [-0.4, -0.2) is 42.4 Å². The zero-order chi connectivity index (χ0) is 12.3. The second-order valence-corrected chi connectivity index (χ2v) is 4.94. The van der Waals surface area contributed by atoms with Crippen molar-refractivity contribution in [2.24, 2.45) is 0 Å². The number of rotatable bonds is 3. The van der Waals surface area contributed by atoms with E-state index in [4.69, 9.17) is 27.9 Å². The molecule has 3 nitrogen and oxygen atoms in total. The second-order valence-electron chi connectivity index (χ2n) is 4.13. The van der Waals surface area contributed by atoms with Crippen LogP contribution in [0.3, 0.4) is 0 Å². The summed E-state index contributed by atoms with van der Waals surface area (Å²) in [4.78, 5) is 2.20. The minimum atomic E-state index is 0.0678. The molecule has 1 aromatic rings. The Morgan fingerprint density at radius 2 is 2.18 bits per heavy atom. The molecule has 0 bridgehead atoms. The van der Waals surface area contributed by atoms with Crippen molar-refractivity contribution in [1.82, 2.24) is 4.90 Å². The van der Waals surface area contributed by atoms with Crippen LogP contribution < -0.4 is 0 Å².